The molecule has 1 saturated heterocycles. The van der Waals surface area contributed by atoms with Crippen LogP contribution in [0.2, 0.25) is 0 Å². The lowest BCUT2D eigenvalue weighted by molar-refractivity contribution is -0.124. The molecule has 0 radical (unpaired) electrons. The van der Waals surface area contributed by atoms with E-state index in [4.69, 9.17) is 4.74 Å². The first-order chi connectivity index (χ1) is 11.3. The van der Waals surface area contributed by atoms with Gasteiger partial charge >= 0.3 is 0 Å². The van der Waals surface area contributed by atoms with Gasteiger partial charge in [-0.1, -0.05) is 24.3 Å². The zero-order valence-electron chi connectivity index (χ0n) is 14.1. The number of aryl methyl sites for hydroxylation is 2. The number of amides is 1. The van der Waals surface area contributed by atoms with Crippen LogP contribution in [0.1, 0.15) is 24.0 Å². The molecule has 24 heavy (non-hydrogen) atoms. The fraction of sp³-hybridized carbons (Fsp3) is 0.471. The highest BCUT2D eigenvalue weighted by atomic mass is 32.2. The van der Waals surface area contributed by atoms with Crippen molar-refractivity contribution in [2.45, 2.75) is 32.7 Å². The van der Waals surface area contributed by atoms with Gasteiger partial charge in [0.25, 0.3) is 5.91 Å². The Balaban J connectivity index is 1.78. The van der Waals surface area contributed by atoms with Gasteiger partial charge in [-0.2, -0.15) is 4.31 Å². The van der Waals surface area contributed by atoms with E-state index < -0.39 is 10.0 Å². The summed E-state index contributed by atoms with van der Waals surface area (Å²) in [5.41, 5.74) is 2.14. The molecule has 0 saturated carbocycles. The molecule has 1 aromatic rings. The average molecular weight is 352 g/mol. The molecule has 1 aliphatic rings. The van der Waals surface area contributed by atoms with Crippen molar-refractivity contribution < 1.29 is 17.9 Å². The van der Waals surface area contributed by atoms with Crippen molar-refractivity contribution in [2.24, 2.45) is 0 Å². The zero-order valence-corrected chi connectivity index (χ0v) is 14.9. The predicted octanol–water partition coefficient (Wildman–Crippen LogP) is 1.74. The molecular formula is C17H24N2O4S. The van der Waals surface area contributed by atoms with Crippen LogP contribution in [0.5, 0.6) is 5.75 Å². The molecule has 0 atom stereocenters. The summed E-state index contributed by atoms with van der Waals surface area (Å²) in [6.45, 7) is 7.99. The van der Waals surface area contributed by atoms with Crippen molar-refractivity contribution in [1.29, 1.82) is 0 Å². The summed E-state index contributed by atoms with van der Waals surface area (Å²) in [7, 11) is -3.37. The van der Waals surface area contributed by atoms with E-state index in [1.165, 1.54) is 4.31 Å². The molecular weight excluding hydrogens is 328 g/mol. The minimum absolute atomic E-state index is 0.0310. The summed E-state index contributed by atoms with van der Waals surface area (Å²) in [6, 6.07) is 5.77. The number of hydrogen-bond donors (Lipinski definition) is 1. The third kappa shape index (κ3) is 4.82. The van der Waals surface area contributed by atoms with Crippen molar-refractivity contribution in [3.8, 4) is 5.75 Å². The second kappa shape index (κ2) is 7.81. The number of nitrogens with one attached hydrogen (secondary N) is 1. The minimum atomic E-state index is -3.37. The highest BCUT2D eigenvalue weighted by molar-refractivity contribution is 7.92. The Morgan fingerprint density at radius 1 is 1.38 bits per heavy atom. The van der Waals surface area contributed by atoms with Crippen molar-refractivity contribution in [3.05, 3.63) is 41.3 Å². The first kappa shape index (κ1) is 18.5. The van der Waals surface area contributed by atoms with Gasteiger partial charge in [-0.15, -0.1) is 0 Å². The molecule has 0 aliphatic carbocycles. The summed E-state index contributed by atoms with van der Waals surface area (Å²) in [5, 5.41) is 3.86. The third-order valence-electron chi connectivity index (χ3n) is 4.08. The quantitative estimate of drug-likeness (QED) is 0.846. The summed E-state index contributed by atoms with van der Waals surface area (Å²) >= 11 is 0. The number of benzene rings is 1. The highest BCUT2D eigenvalue weighted by Crippen LogP contribution is 2.19. The molecule has 1 aromatic carbocycles. The van der Waals surface area contributed by atoms with E-state index in [9.17, 15) is 13.2 Å². The summed E-state index contributed by atoms with van der Waals surface area (Å²) in [6.07, 6.45) is 1.17. The van der Waals surface area contributed by atoms with Gasteiger partial charge < -0.3 is 10.1 Å². The third-order valence-corrected chi connectivity index (χ3v) is 5.58. The molecule has 0 spiro atoms. The minimum Gasteiger partial charge on any atom is -0.484 e. The van der Waals surface area contributed by atoms with E-state index >= 15 is 0 Å². The number of piperidine rings is 1. The van der Waals surface area contributed by atoms with E-state index in [2.05, 4.69) is 11.9 Å². The van der Waals surface area contributed by atoms with Crippen molar-refractivity contribution in [3.63, 3.8) is 0 Å². The maximum atomic E-state index is 12.0. The predicted molar refractivity (Wildman–Crippen MR) is 93.3 cm³/mol. The van der Waals surface area contributed by atoms with Crippen LogP contribution < -0.4 is 10.1 Å². The van der Waals surface area contributed by atoms with Crippen LogP contribution in [0, 0.1) is 13.8 Å². The Labute approximate surface area is 143 Å². The first-order valence-corrected chi connectivity index (χ1v) is 9.44. The second-order valence-electron chi connectivity index (χ2n) is 6.01. The standard InChI is InChI=1S/C17H24N2O4S/c1-4-24(21,22)19-9-7-15(8-10-19)18-17(20)12-23-16-6-5-13(2)11-14(16)3/h4-6,11,15H,1,7-10,12H2,2-3H3,(H,18,20). The van der Waals surface area contributed by atoms with Crippen LogP contribution in [-0.2, 0) is 14.8 Å². The number of nitrogens with zero attached hydrogens (tertiary/aromatic N) is 1. The molecule has 6 nitrogen and oxygen atoms in total. The van der Waals surface area contributed by atoms with Gasteiger partial charge in [0, 0.05) is 24.5 Å². The molecule has 0 bridgehead atoms. The molecule has 1 heterocycles. The molecule has 1 N–H and O–H groups in total. The molecule has 7 heteroatoms. The lowest BCUT2D eigenvalue weighted by atomic mass is 10.1. The first-order valence-electron chi connectivity index (χ1n) is 7.94. The molecule has 0 unspecified atom stereocenters. The smallest absolute Gasteiger partial charge is 0.258 e. The Hall–Kier alpha value is -1.86. The van der Waals surface area contributed by atoms with E-state index in [0.29, 0.717) is 31.7 Å². The van der Waals surface area contributed by atoms with Gasteiger partial charge in [-0.05, 0) is 38.3 Å². The van der Waals surface area contributed by atoms with Crippen molar-refractivity contribution in [1.82, 2.24) is 9.62 Å². The molecule has 132 valence electrons. The average Bonchev–Trinajstić information content (AvgIpc) is 2.54. The van der Waals surface area contributed by atoms with Gasteiger partial charge in [-0.3, -0.25) is 4.79 Å². The van der Waals surface area contributed by atoms with Crippen LogP contribution in [0.4, 0.5) is 0 Å². The molecule has 1 amide bonds. The van der Waals surface area contributed by atoms with Gasteiger partial charge in [0.1, 0.15) is 5.75 Å². The maximum absolute atomic E-state index is 12.0. The van der Waals surface area contributed by atoms with Crippen molar-refractivity contribution >= 4 is 15.9 Å². The highest BCUT2D eigenvalue weighted by Gasteiger charge is 2.26. The van der Waals surface area contributed by atoms with E-state index in [1.54, 1.807) is 0 Å². The Morgan fingerprint density at radius 3 is 2.62 bits per heavy atom. The van der Waals surface area contributed by atoms with Crippen LogP contribution in [0.15, 0.2) is 30.2 Å². The fourth-order valence-corrected chi connectivity index (χ4v) is 3.66. The van der Waals surface area contributed by atoms with Crippen molar-refractivity contribution in [2.75, 3.05) is 19.7 Å². The molecule has 0 aromatic heterocycles. The SMILES string of the molecule is C=CS(=O)(=O)N1CCC(NC(=O)COc2ccc(C)cc2C)CC1. The summed E-state index contributed by atoms with van der Waals surface area (Å²) in [5.74, 6) is 0.502. The number of rotatable bonds is 6. The zero-order chi connectivity index (χ0) is 17.7. The van der Waals surface area contributed by atoms with Gasteiger partial charge in [0.05, 0.1) is 0 Å². The number of carbonyl (C=O) groups excluding carboxylic acids is 1. The largest absolute Gasteiger partial charge is 0.484 e. The van der Waals surface area contributed by atoms with E-state index in [1.807, 2.05) is 32.0 Å². The molecule has 1 aliphatic heterocycles. The van der Waals surface area contributed by atoms with Crippen LogP contribution in [0.3, 0.4) is 0 Å². The number of carbonyl (C=O) groups is 1. The second-order valence-corrected chi connectivity index (χ2v) is 7.89. The van der Waals surface area contributed by atoms with Crippen LogP contribution >= 0.6 is 0 Å². The lowest BCUT2D eigenvalue weighted by Gasteiger charge is -2.30. The van der Waals surface area contributed by atoms with Gasteiger partial charge in [0.15, 0.2) is 6.61 Å². The molecule has 2 rings (SSSR count). The fourth-order valence-electron chi connectivity index (χ4n) is 2.73. The Kier molecular flexibility index (Phi) is 6.01. The van der Waals surface area contributed by atoms with E-state index in [-0.39, 0.29) is 18.6 Å². The number of ether oxygens (including phenoxy) is 1. The summed E-state index contributed by atoms with van der Waals surface area (Å²) in [4.78, 5) is 12.0. The summed E-state index contributed by atoms with van der Waals surface area (Å²) < 4.78 is 30.3. The number of hydrogen-bond acceptors (Lipinski definition) is 4. The van der Waals surface area contributed by atoms with Crippen LogP contribution in [0.25, 0.3) is 0 Å². The Morgan fingerprint density at radius 2 is 2.04 bits per heavy atom. The molecule has 1 fully saturated rings. The Bertz CT molecular complexity index is 707. The monoisotopic (exact) mass is 352 g/mol. The lowest BCUT2D eigenvalue weighted by Crippen LogP contribution is -2.47. The number of sulfonamides is 1. The van der Waals surface area contributed by atoms with Gasteiger partial charge in [-0.25, -0.2) is 8.42 Å². The van der Waals surface area contributed by atoms with Crippen LogP contribution in [-0.4, -0.2) is 44.4 Å². The van der Waals surface area contributed by atoms with Gasteiger partial charge in [0.2, 0.25) is 10.0 Å². The van der Waals surface area contributed by atoms with E-state index in [0.717, 1.165) is 16.5 Å². The topological polar surface area (TPSA) is 75.7 Å². The normalized spacial score (nSPS) is 16.6. The maximum Gasteiger partial charge on any atom is 0.258 e.